The van der Waals surface area contributed by atoms with Crippen LogP contribution in [0.1, 0.15) is 34.1 Å². The van der Waals surface area contributed by atoms with E-state index in [4.69, 9.17) is 0 Å². The predicted octanol–water partition coefficient (Wildman–Crippen LogP) is 1.49. The fourth-order valence-corrected chi connectivity index (χ4v) is 2.20. The molecule has 1 saturated heterocycles. The summed E-state index contributed by atoms with van der Waals surface area (Å²) in [7, 11) is 1.97. The number of nitrogens with one attached hydrogen (secondary N) is 1. The van der Waals surface area contributed by atoms with Crippen molar-refractivity contribution in [2.24, 2.45) is 11.3 Å². The Labute approximate surface area is 93.2 Å². The molecule has 15 heavy (non-hydrogen) atoms. The smallest absolute Gasteiger partial charge is 0.228 e. The highest BCUT2D eigenvalue weighted by Gasteiger charge is 2.32. The molecule has 0 saturated carbocycles. The number of carbonyl (C=O) groups is 1. The maximum atomic E-state index is 12.1. The molecule has 1 heterocycles. The number of likely N-dealkylation sites (N-methyl/N-ethyl adjacent to an activating group) is 1. The van der Waals surface area contributed by atoms with E-state index < -0.39 is 0 Å². The molecule has 1 N–H and O–H groups in total. The number of nitrogens with zero attached hydrogens (tertiary/aromatic N) is 1. The molecular weight excluding hydrogens is 188 g/mol. The monoisotopic (exact) mass is 212 g/mol. The zero-order valence-electron chi connectivity index (χ0n) is 10.6. The van der Waals surface area contributed by atoms with Gasteiger partial charge in [-0.05, 0) is 19.4 Å². The van der Waals surface area contributed by atoms with Gasteiger partial charge in [-0.25, -0.2) is 0 Å². The molecular formula is C12H24N2O. The Bertz CT molecular complexity index is 232. The summed E-state index contributed by atoms with van der Waals surface area (Å²) in [4.78, 5) is 14.1. The molecule has 1 aliphatic heterocycles. The van der Waals surface area contributed by atoms with Crippen LogP contribution in [-0.4, -0.2) is 37.0 Å². The van der Waals surface area contributed by atoms with Crippen LogP contribution in [-0.2, 0) is 4.79 Å². The summed E-state index contributed by atoms with van der Waals surface area (Å²) < 4.78 is 0. The van der Waals surface area contributed by atoms with E-state index in [0.29, 0.717) is 12.0 Å². The Morgan fingerprint density at radius 1 is 1.33 bits per heavy atom. The van der Waals surface area contributed by atoms with Gasteiger partial charge in [0, 0.05) is 24.5 Å². The van der Waals surface area contributed by atoms with Crippen molar-refractivity contribution in [1.82, 2.24) is 10.2 Å². The first kappa shape index (κ1) is 12.5. The topological polar surface area (TPSA) is 32.3 Å². The molecule has 0 aliphatic carbocycles. The molecule has 1 aliphatic rings. The second-order valence-corrected chi connectivity index (χ2v) is 5.79. The van der Waals surface area contributed by atoms with Crippen molar-refractivity contribution in [2.75, 3.05) is 20.1 Å². The van der Waals surface area contributed by atoms with E-state index in [0.717, 1.165) is 13.1 Å². The van der Waals surface area contributed by atoms with Crippen molar-refractivity contribution in [3.05, 3.63) is 0 Å². The second kappa shape index (κ2) is 4.52. The van der Waals surface area contributed by atoms with Crippen molar-refractivity contribution in [2.45, 2.75) is 40.2 Å². The summed E-state index contributed by atoms with van der Waals surface area (Å²) >= 11 is 0. The molecule has 0 aromatic heterocycles. The highest BCUT2D eigenvalue weighted by molar-refractivity contribution is 5.81. The summed E-state index contributed by atoms with van der Waals surface area (Å²) in [5.41, 5.74) is -0.255. The third-order valence-corrected chi connectivity index (χ3v) is 3.00. The van der Waals surface area contributed by atoms with Gasteiger partial charge < -0.3 is 10.2 Å². The largest absolute Gasteiger partial charge is 0.340 e. The zero-order chi connectivity index (χ0) is 11.6. The number of piperidine rings is 1. The standard InChI is InChI=1S/C12H24N2O/c1-9-6-10(13-5)8-14(7-9)11(15)12(2,3)4/h9-10,13H,6-8H2,1-5H3. The molecule has 2 atom stereocenters. The number of hydrogen-bond acceptors (Lipinski definition) is 2. The van der Waals surface area contributed by atoms with Crippen molar-refractivity contribution in [3.63, 3.8) is 0 Å². The number of amides is 1. The fraction of sp³-hybridized carbons (Fsp3) is 0.917. The number of likely N-dealkylation sites (tertiary alicyclic amines) is 1. The van der Waals surface area contributed by atoms with Gasteiger partial charge in [0.2, 0.25) is 5.91 Å². The van der Waals surface area contributed by atoms with Crippen LogP contribution < -0.4 is 5.32 Å². The molecule has 0 radical (unpaired) electrons. The maximum Gasteiger partial charge on any atom is 0.228 e. The minimum absolute atomic E-state index is 0.255. The van der Waals surface area contributed by atoms with Crippen LogP contribution in [0.25, 0.3) is 0 Å². The van der Waals surface area contributed by atoms with Gasteiger partial charge in [-0.3, -0.25) is 4.79 Å². The lowest BCUT2D eigenvalue weighted by atomic mass is 9.90. The third kappa shape index (κ3) is 3.20. The Kier molecular flexibility index (Phi) is 3.77. The Balaban J connectivity index is 2.66. The molecule has 3 heteroatoms. The molecule has 1 rings (SSSR count). The number of hydrogen-bond donors (Lipinski definition) is 1. The summed E-state index contributed by atoms with van der Waals surface area (Å²) in [5.74, 6) is 0.872. The molecule has 88 valence electrons. The lowest BCUT2D eigenvalue weighted by molar-refractivity contribution is -0.141. The van der Waals surface area contributed by atoms with Gasteiger partial charge in [-0.2, -0.15) is 0 Å². The van der Waals surface area contributed by atoms with E-state index >= 15 is 0 Å². The first-order valence-corrected chi connectivity index (χ1v) is 5.81. The van der Waals surface area contributed by atoms with Gasteiger partial charge >= 0.3 is 0 Å². The van der Waals surface area contributed by atoms with E-state index in [2.05, 4.69) is 12.2 Å². The van der Waals surface area contributed by atoms with Crippen LogP contribution in [0.2, 0.25) is 0 Å². The normalized spacial score (nSPS) is 27.9. The van der Waals surface area contributed by atoms with Crippen LogP contribution >= 0.6 is 0 Å². The second-order valence-electron chi connectivity index (χ2n) is 5.79. The predicted molar refractivity (Wildman–Crippen MR) is 62.7 cm³/mol. The molecule has 0 spiro atoms. The SMILES string of the molecule is CNC1CC(C)CN(C(=O)C(C)(C)C)C1. The molecule has 0 bridgehead atoms. The number of rotatable bonds is 1. The minimum atomic E-state index is -0.255. The lowest BCUT2D eigenvalue weighted by Gasteiger charge is -2.39. The average molecular weight is 212 g/mol. The third-order valence-electron chi connectivity index (χ3n) is 3.00. The van der Waals surface area contributed by atoms with Crippen LogP contribution in [0.15, 0.2) is 0 Å². The molecule has 3 nitrogen and oxygen atoms in total. The molecule has 2 unspecified atom stereocenters. The van der Waals surface area contributed by atoms with Crippen molar-refractivity contribution >= 4 is 5.91 Å². The molecule has 1 fully saturated rings. The molecule has 0 aromatic rings. The van der Waals surface area contributed by atoms with Crippen LogP contribution in [0.5, 0.6) is 0 Å². The van der Waals surface area contributed by atoms with Crippen molar-refractivity contribution in [1.29, 1.82) is 0 Å². The van der Waals surface area contributed by atoms with E-state index in [1.54, 1.807) is 0 Å². The zero-order valence-corrected chi connectivity index (χ0v) is 10.6. The van der Waals surface area contributed by atoms with Gasteiger partial charge in [-0.1, -0.05) is 27.7 Å². The van der Waals surface area contributed by atoms with Crippen molar-refractivity contribution in [3.8, 4) is 0 Å². The van der Waals surface area contributed by atoms with E-state index in [1.165, 1.54) is 6.42 Å². The first-order valence-electron chi connectivity index (χ1n) is 5.81. The Morgan fingerprint density at radius 3 is 2.40 bits per heavy atom. The minimum Gasteiger partial charge on any atom is -0.340 e. The lowest BCUT2D eigenvalue weighted by Crippen LogP contribution is -2.52. The van der Waals surface area contributed by atoms with Crippen LogP contribution in [0.3, 0.4) is 0 Å². The molecule has 1 amide bonds. The molecule has 0 aromatic carbocycles. The Morgan fingerprint density at radius 2 is 1.93 bits per heavy atom. The van der Waals surface area contributed by atoms with Gasteiger partial charge in [0.1, 0.15) is 0 Å². The highest BCUT2D eigenvalue weighted by Crippen LogP contribution is 2.23. The van der Waals surface area contributed by atoms with Crippen LogP contribution in [0.4, 0.5) is 0 Å². The van der Waals surface area contributed by atoms with Gasteiger partial charge in [0.05, 0.1) is 0 Å². The van der Waals surface area contributed by atoms with E-state index in [1.807, 2.05) is 32.7 Å². The average Bonchev–Trinajstić information content (AvgIpc) is 2.14. The fourth-order valence-electron chi connectivity index (χ4n) is 2.20. The quantitative estimate of drug-likeness (QED) is 0.714. The number of carbonyl (C=O) groups excluding carboxylic acids is 1. The van der Waals surface area contributed by atoms with Gasteiger partial charge in [0.15, 0.2) is 0 Å². The van der Waals surface area contributed by atoms with Crippen molar-refractivity contribution < 1.29 is 4.79 Å². The summed E-state index contributed by atoms with van der Waals surface area (Å²) in [6.07, 6.45) is 1.17. The Hall–Kier alpha value is -0.570. The summed E-state index contributed by atoms with van der Waals surface area (Å²) in [5, 5.41) is 3.28. The summed E-state index contributed by atoms with van der Waals surface area (Å²) in [6, 6.07) is 0.458. The van der Waals surface area contributed by atoms with Gasteiger partial charge in [-0.15, -0.1) is 0 Å². The van der Waals surface area contributed by atoms with Gasteiger partial charge in [0.25, 0.3) is 0 Å². The van der Waals surface area contributed by atoms with E-state index in [9.17, 15) is 4.79 Å². The summed E-state index contributed by atoms with van der Waals surface area (Å²) in [6.45, 7) is 9.95. The van der Waals surface area contributed by atoms with E-state index in [-0.39, 0.29) is 11.3 Å². The van der Waals surface area contributed by atoms with Crippen LogP contribution in [0, 0.1) is 11.3 Å². The highest BCUT2D eigenvalue weighted by atomic mass is 16.2. The first-order chi connectivity index (χ1) is 6.84. The maximum absolute atomic E-state index is 12.1.